The number of nitrogens with one attached hydrogen (secondary N) is 4. The van der Waals surface area contributed by atoms with E-state index in [2.05, 4.69) is 30.6 Å². The van der Waals surface area contributed by atoms with Crippen LogP contribution in [0.25, 0.3) is 22.1 Å². The Hall–Kier alpha value is -3.18. The molecule has 0 aliphatic carbocycles. The number of aromatic amines is 2. The van der Waals surface area contributed by atoms with Crippen molar-refractivity contribution in [3.8, 4) is 0 Å². The van der Waals surface area contributed by atoms with Gasteiger partial charge >= 0.3 is 0 Å². The van der Waals surface area contributed by atoms with Crippen molar-refractivity contribution >= 4 is 92.0 Å². The molecular weight excluding hydrogens is 539 g/mol. The number of halogens is 2. The molecule has 0 spiro atoms. The van der Waals surface area contributed by atoms with E-state index in [1.54, 1.807) is 48.5 Å². The summed E-state index contributed by atoms with van der Waals surface area (Å²) in [7, 11) is 0. The molecule has 3 aromatic carbocycles. The molecule has 36 heavy (non-hydrogen) atoms. The molecule has 0 unspecified atom stereocenters. The number of fused-ring (bicyclic) bond motifs is 2. The van der Waals surface area contributed by atoms with Crippen LogP contribution < -0.4 is 10.6 Å². The molecule has 182 valence electrons. The Bertz CT molecular complexity index is 1450. The number of imidazole rings is 2. The molecule has 0 saturated carbocycles. The third-order valence-electron chi connectivity index (χ3n) is 4.98. The molecule has 0 aliphatic heterocycles. The molecule has 2 amide bonds. The van der Waals surface area contributed by atoms with Crippen LogP contribution in [0.15, 0.2) is 71.0 Å². The van der Waals surface area contributed by atoms with Gasteiger partial charge in [-0.25, -0.2) is 9.97 Å². The summed E-state index contributed by atoms with van der Waals surface area (Å²) in [5, 5.41) is 8.20. The molecule has 0 fully saturated rings. The van der Waals surface area contributed by atoms with E-state index in [4.69, 9.17) is 23.2 Å². The van der Waals surface area contributed by atoms with Gasteiger partial charge in [0.25, 0.3) is 0 Å². The Morgan fingerprint density at radius 2 is 1.11 bits per heavy atom. The second-order valence-electron chi connectivity index (χ2n) is 7.66. The summed E-state index contributed by atoms with van der Waals surface area (Å²) in [4.78, 5) is 39.8. The lowest BCUT2D eigenvalue weighted by Crippen LogP contribution is -2.15. The fourth-order valence-corrected chi connectivity index (χ4v) is 5.07. The highest BCUT2D eigenvalue weighted by Crippen LogP contribution is 2.24. The number of benzene rings is 3. The Kier molecular flexibility index (Phi) is 7.38. The minimum atomic E-state index is -0.168. The number of amides is 2. The number of nitrogens with zero attached hydrogens (tertiary/aromatic N) is 2. The number of hydrogen-bond donors (Lipinski definition) is 4. The first-order valence-corrected chi connectivity index (χ1v) is 13.4. The highest BCUT2D eigenvalue weighted by atomic mass is 35.5. The number of thioether (sulfide) groups is 2. The minimum Gasteiger partial charge on any atom is -0.333 e. The largest absolute Gasteiger partial charge is 0.333 e. The third-order valence-corrected chi connectivity index (χ3v) is 7.19. The van der Waals surface area contributed by atoms with E-state index in [9.17, 15) is 9.59 Å². The highest BCUT2D eigenvalue weighted by Gasteiger charge is 2.10. The maximum atomic E-state index is 12.3. The van der Waals surface area contributed by atoms with Gasteiger partial charge in [0.1, 0.15) is 0 Å². The monoisotopic (exact) mass is 556 g/mol. The van der Waals surface area contributed by atoms with Crippen LogP contribution in [0.4, 0.5) is 11.4 Å². The van der Waals surface area contributed by atoms with Gasteiger partial charge in [-0.2, -0.15) is 0 Å². The average Bonchev–Trinajstić information content (AvgIpc) is 3.45. The zero-order valence-corrected chi connectivity index (χ0v) is 21.6. The van der Waals surface area contributed by atoms with Crippen molar-refractivity contribution in [1.82, 2.24) is 19.9 Å². The summed E-state index contributed by atoms with van der Waals surface area (Å²) in [6.45, 7) is 0. The van der Waals surface area contributed by atoms with Gasteiger partial charge in [-0.1, -0.05) is 46.7 Å². The normalized spacial score (nSPS) is 11.2. The standard InChI is InChI=1S/C24H18Cl2N6O2S2/c25-13-1-7-17-19(9-13)31-23(29-17)35-11-21(33)27-15-3-5-16(6-4-15)28-22(34)12-36-24-30-18-8-2-14(26)10-20(18)32-24/h1-10H,11-12H2,(H,27,33)(H,28,34)(H,29,31)(H,30,32). The molecule has 12 heteroatoms. The van der Waals surface area contributed by atoms with E-state index in [1.165, 1.54) is 23.5 Å². The summed E-state index contributed by atoms with van der Waals surface area (Å²) < 4.78 is 0. The second-order valence-corrected chi connectivity index (χ2v) is 10.5. The minimum absolute atomic E-state index is 0.168. The van der Waals surface area contributed by atoms with E-state index < -0.39 is 0 Å². The molecule has 8 nitrogen and oxygen atoms in total. The molecule has 4 N–H and O–H groups in total. The summed E-state index contributed by atoms with van der Waals surface area (Å²) in [6, 6.07) is 17.7. The van der Waals surface area contributed by atoms with E-state index in [0.29, 0.717) is 31.7 Å². The van der Waals surface area contributed by atoms with Gasteiger partial charge in [0, 0.05) is 21.4 Å². The third kappa shape index (κ3) is 6.14. The Labute approximate surface area is 224 Å². The van der Waals surface area contributed by atoms with Crippen molar-refractivity contribution in [2.75, 3.05) is 22.1 Å². The molecule has 2 aromatic heterocycles. The van der Waals surface area contributed by atoms with Crippen LogP contribution in [-0.4, -0.2) is 43.3 Å². The average molecular weight is 557 g/mol. The first-order valence-electron chi connectivity index (χ1n) is 10.7. The number of carbonyl (C=O) groups excluding carboxylic acids is 2. The molecular formula is C24H18Cl2N6O2S2. The van der Waals surface area contributed by atoms with Gasteiger partial charge in [-0.15, -0.1) is 0 Å². The predicted molar refractivity (Wildman–Crippen MR) is 147 cm³/mol. The number of rotatable bonds is 8. The van der Waals surface area contributed by atoms with Crippen LogP contribution >= 0.6 is 46.7 Å². The molecule has 0 saturated heterocycles. The summed E-state index contributed by atoms with van der Waals surface area (Å²) in [5.74, 6) is 0.0479. The van der Waals surface area contributed by atoms with Crippen LogP contribution in [0.3, 0.4) is 0 Å². The number of anilines is 2. The van der Waals surface area contributed by atoms with E-state index in [0.717, 1.165) is 22.1 Å². The molecule has 0 bridgehead atoms. The van der Waals surface area contributed by atoms with Crippen LogP contribution in [-0.2, 0) is 9.59 Å². The van der Waals surface area contributed by atoms with Crippen LogP contribution in [0.1, 0.15) is 0 Å². The summed E-state index contributed by atoms with van der Waals surface area (Å²) in [6.07, 6.45) is 0. The number of carbonyl (C=O) groups is 2. The predicted octanol–water partition coefficient (Wildman–Crippen LogP) is 6.21. The quantitative estimate of drug-likeness (QED) is 0.169. The van der Waals surface area contributed by atoms with Crippen molar-refractivity contribution in [2.24, 2.45) is 0 Å². The number of H-pyrrole nitrogens is 2. The number of aromatic nitrogens is 4. The fourth-order valence-electron chi connectivity index (χ4n) is 3.35. The van der Waals surface area contributed by atoms with E-state index in [-0.39, 0.29) is 23.3 Å². The second kappa shape index (κ2) is 10.8. The topological polar surface area (TPSA) is 116 Å². The highest BCUT2D eigenvalue weighted by molar-refractivity contribution is 8.00. The van der Waals surface area contributed by atoms with Gasteiger partial charge in [0.15, 0.2) is 10.3 Å². The lowest BCUT2D eigenvalue weighted by Gasteiger charge is -2.07. The van der Waals surface area contributed by atoms with Crippen molar-refractivity contribution in [3.63, 3.8) is 0 Å². The molecule has 0 aliphatic rings. The smallest absolute Gasteiger partial charge is 0.234 e. The first-order chi connectivity index (χ1) is 17.4. The zero-order valence-electron chi connectivity index (χ0n) is 18.5. The van der Waals surface area contributed by atoms with Gasteiger partial charge in [-0.05, 0) is 60.7 Å². The van der Waals surface area contributed by atoms with E-state index in [1.807, 2.05) is 12.1 Å². The maximum absolute atomic E-state index is 12.3. The maximum Gasteiger partial charge on any atom is 0.234 e. The fraction of sp³-hybridized carbons (Fsp3) is 0.0833. The molecule has 5 aromatic rings. The Morgan fingerprint density at radius 1 is 0.694 bits per heavy atom. The van der Waals surface area contributed by atoms with Crippen LogP contribution in [0.5, 0.6) is 0 Å². The van der Waals surface area contributed by atoms with Gasteiger partial charge in [0.2, 0.25) is 11.8 Å². The lowest BCUT2D eigenvalue weighted by molar-refractivity contribution is -0.114. The van der Waals surface area contributed by atoms with Gasteiger partial charge in [0.05, 0.1) is 33.6 Å². The zero-order chi connectivity index (χ0) is 25.1. The van der Waals surface area contributed by atoms with Crippen molar-refractivity contribution in [3.05, 3.63) is 70.7 Å². The SMILES string of the molecule is O=C(CSc1nc2ccc(Cl)cc2[nH]1)Nc1ccc(NC(=O)CSc2nc3ccc(Cl)cc3[nH]2)cc1. The van der Waals surface area contributed by atoms with Crippen molar-refractivity contribution < 1.29 is 9.59 Å². The van der Waals surface area contributed by atoms with Crippen molar-refractivity contribution in [2.45, 2.75) is 10.3 Å². The molecule has 5 rings (SSSR count). The summed E-state index contributed by atoms with van der Waals surface area (Å²) >= 11 is 14.6. The van der Waals surface area contributed by atoms with Crippen molar-refractivity contribution in [1.29, 1.82) is 0 Å². The lowest BCUT2D eigenvalue weighted by atomic mass is 10.3. The molecule has 0 radical (unpaired) electrons. The Morgan fingerprint density at radius 3 is 1.53 bits per heavy atom. The van der Waals surface area contributed by atoms with Gasteiger partial charge < -0.3 is 20.6 Å². The summed E-state index contributed by atoms with van der Waals surface area (Å²) in [5.41, 5.74) is 4.49. The van der Waals surface area contributed by atoms with Crippen LogP contribution in [0.2, 0.25) is 10.0 Å². The molecule has 2 heterocycles. The van der Waals surface area contributed by atoms with Crippen LogP contribution in [0, 0.1) is 0 Å². The molecule has 0 atom stereocenters. The first kappa shape index (κ1) is 24.5. The Balaban J connectivity index is 1.08. The van der Waals surface area contributed by atoms with E-state index >= 15 is 0 Å². The number of hydrogen-bond acceptors (Lipinski definition) is 6. The van der Waals surface area contributed by atoms with Gasteiger partial charge in [-0.3, -0.25) is 9.59 Å².